The van der Waals surface area contributed by atoms with Gasteiger partial charge in [0.15, 0.2) is 0 Å². The third kappa shape index (κ3) is 3.75. The molecule has 0 heterocycles. The standard InChI is InChI=1S/2C6HF5S.Hg/c2*7-1-2(8)4(10)6(12)5(11)3(1)9;/h2*12H;/q;;+2/p-2. The molecule has 0 aliphatic rings. The van der Waals surface area contributed by atoms with Crippen LogP contribution in [0.2, 0.25) is 0 Å². The fraction of sp³-hybridized carbons (Fsp3) is 0. The molecule has 25 heavy (non-hydrogen) atoms. The van der Waals surface area contributed by atoms with E-state index in [-0.39, 0.29) is 16.5 Å². The Kier molecular flexibility index (Phi) is 6.57. The van der Waals surface area contributed by atoms with Crippen LogP contribution in [-0.2, 0) is 21.5 Å². The van der Waals surface area contributed by atoms with Gasteiger partial charge in [-0.15, -0.1) is 0 Å². The summed E-state index contributed by atoms with van der Waals surface area (Å²) in [6.07, 6.45) is 0. The number of halogens is 10. The third-order valence-corrected chi connectivity index (χ3v) is 20.0. The molecule has 0 radical (unpaired) electrons. The van der Waals surface area contributed by atoms with E-state index in [4.69, 9.17) is 0 Å². The van der Waals surface area contributed by atoms with Crippen molar-refractivity contribution < 1.29 is 65.4 Å². The van der Waals surface area contributed by atoms with Crippen molar-refractivity contribution in [3.63, 3.8) is 0 Å². The van der Waals surface area contributed by atoms with E-state index in [1.54, 1.807) is 0 Å². The molecule has 0 N–H and O–H groups in total. The monoisotopic (exact) mass is 600 g/mol. The second-order valence-corrected chi connectivity index (χ2v) is 21.5. The van der Waals surface area contributed by atoms with Crippen LogP contribution in [0.1, 0.15) is 0 Å². The zero-order chi connectivity index (χ0) is 19.0. The SMILES string of the molecule is Fc1c(F)c(F)c([S][Hg][S]c2c(F)c(F)c(F)c(F)c2F)c(F)c1F. The Bertz CT molecular complexity index is 729. The van der Waals surface area contributed by atoms with E-state index in [0.29, 0.717) is 0 Å². The molecule has 0 saturated carbocycles. The predicted octanol–water partition coefficient (Wildman–Crippen LogP) is 5.87. The van der Waals surface area contributed by atoms with Gasteiger partial charge in [0.2, 0.25) is 0 Å². The first-order valence-corrected chi connectivity index (χ1v) is 21.3. The molecule has 0 aliphatic heterocycles. The van der Waals surface area contributed by atoms with E-state index in [1.165, 1.54) is 0 Å². The Morgan fingerprint density at radius 3 is 0.800 bits per heavy atom. The van der Waals surface area contributed by atoms with Gasteiger partial charge in [0.1, 0.15) is 0 Å². The summed E-state index contributed by atoms with van der Waals surface area (Å²) in [5.74, 6) is -22.0. The van der Waals surface area contributed by atoms with Gasteiger partial charge in [-0.05, 0) is 0 Å². The van der Waals surface area contributed by atoms with Gasteiger partial charge in [-0.25, -0.2) is 0 Å². The van der Waals surface area contributed by atoms with Crippen molar-refractivity contribution in [1.29, 1.82) is 0 Å². The summed E-state index contributed by atoms with van der Waals surface area (Å²) in [5, 5.41) is 0. The van der Waals surface area contributed by atoms with Crippen molar-refractivity contribution in [1.82, 2.24) is 0 Å². The fourth-order valence-electron chi connectivity index (χ4n) is 1.57. The molecule has 0 spiro atoms. The zero-order valence-electron chi connectivity index (χ0n) is 11.3. The first-order chi connectivity index (χ1) is 11.6. The number of benzene rings is 2. The van der Waals surface area contributed by atoms with Crippen LogP contribution in [0, 0.1) is 58.2 Å². The van der Waals surface area contributed by atoms with Crippen molar-refractivity contribution in [2.75, 3.05) is 0 Å². The molecule has 0 unspecified atom stereocenters. The number of hydrogen-bond donors (Lipinski definition) is 0. The first-order valence-electron chi connectivity index (χ1n) is 5.88. The molecule has 13 heteroatoms. The van der Waals surface area contributed by atoms with Crippen LogP contribution in [0.15, 0.2) is 9.79 Å². The second-order valence-electron chi connectivity index (χ2n) is 4.20. The average molecular weight is 599 g/mol. The molecule has 0 aliphatic carbocycles. The van der Waals surface area contributed by atoms with Crippen LogP contribution in [0.5, 0.6) is 0 Å². The van der Waals surface area contributed by atoms with Gasteiger partial charge in [-0.3, -0.25) is 0 Å². The maximum absolute atomic E-state index is 13.4. The Morgan fingerprint density at radius 1 is 0.360 bits per heavy atom. The van der Waals surface area contributed by atoms with Crippen molar-refractivity contribution in [3.05, 3.63) is 58.2 Å². The summed E-state index contributed by atoms with van der Waals surface area (Å²) in [4.78, 5) is -2.51. The second kappa shape index (κ2) is 7.95. The summed E-state index contributed by atoms with van der Waals surface area (Å²) >= 11 is -3.03. The van der Waals surface area contributed by atoms with E-state index in [2.05, 4.69) is 0 Å². The zero-order valence-corrected chi connectivity index (χ0v) is 18.4. The van der Waals surface area contributed by atoms with Gasteiger partial charge in [0.25, 0.3) is 0 Å². The third-order valence-electron chi connectivity index (χ3n) is 2.75. The summed E-state index contributed by atoms with van der Waals surface area (Å²) in [5.41, 5.74) is 0. The minimum atomic E-state index is -3.03. The summed E-state index contributed by atoms with van der Waals surface area (Å²) < 4.78 is 132. The van der Waals surface area contributed by atoms with E-state index >= 15 is 0 Å². The summed E-state index contributed by atoms with van der Waals surface area (Å²) in [6.45, 7) is 0. The molecule has 0 fully saturated rings. The molecule has 0 aromatic heterocycles. The van der Waals surface area contributed by atoms with Crippen LogP contribution >= 0.6 is 16.5 Å². The van der Waals surface area contributed by atoms with Crippen LogP contribution in [0.4, 0.5) is 43.9 Å². The topological polar surface area (TPSA) is 0 Å². The van der Waals surface area contributed by atoms with Gasteiger partial charge < -0.3 is 0 Å². The van der Waals surface area contributed by atoms with Crippen LogP contribution < -0.4 is 0 Å². The molecule has 0 atom stereocenters. The average Bonchev–Trinajstić information content (AvgIpc) is 2.60. The molecule has 0 bridgehead atoms. The molecule has 0 saturated heterocycles. The molecule has 2 rings (SSSR count). The molecule has 0 amide bonds. The van der Waals surface area contributed by atoms with Crippen molar-refractivity contribution in [2.45, 2.75) is 9.79 Å². The molecule has 0 nitrogen and oxygen atoms in total. The minimum absolute atomic E-state index is 0.155. The summed E-state index contributed by atoms with van der Waals surface area (Å²) in [7, 11) is 0.311. The number of rotatable bonds is 4. The van der Waals surface area contributed by atoms with Gasteiger partial charge in [-0.1, -0.05) is 0 Å². The number of hydrogen-bond acceptors (Lipinski definition) is 2. The molecular formula is C12F10HgS2. The Balaban J connectivity index is 2.29. The van der Waals surface area contributed by atoms with Gasteiger partial charge >= 0.3 is 150 Å². The van der Waals surface area contributed by atoms with E-state index < -0.39 is 89.5 Å². The van der Waals surface area contributed by atoms with Crippen molar-refractivity contribution in [3.8, 4) is 0 Å². The first kappa shape index (κ1) is 20.7. The van der Waals surface area contributed by atoms with Gasteiger partial charge in [-0.2, -0.15) is 0 Å². The van der Waals surface area contributed by atoms with Crippen molar-refractivity contribution in [2.24, 2.45) is 0 Å². The Labute approximate surface area is 149 Å². The maximum atomic E-state index is 13.4. The normalized spacial score (nSPS) is 11.0. The Hall–Kier alpha value is -0.625. The van der Waals surface area contributed by atoms with Crippen LogP contribution in [0.25, 0.3) is 0 Å². The van der Waals surface area contributed by atoms with Crippen molar-refractivity contribution >= 4 is 16.5 Å². The predicted molar refractivity (Wildman–Crippen MR) is 64.2 cm³/mol. The Morgan fingerprint density at radius 2 is 0.560 bits per heavy atom. The molecule has 2 aromatic rings. The summed E-state index contributed by atoms with van der Waals surface area (Å²) in [6, 6.07) is 0. The van der Waals surface area contributed by atoms with Gasteiger partial charge in [0, 0.05) is 0 Å². The van der Waals surface area contributed by atoms with Crippen LogP contribution in [0.3, 0.4) is 0 Å². The molecule has 2 aromatic carbocycles. The quantitative estimate of drug-likeness (QED) is 0.187. The van der Waals surface area contributed by atoms with E-state index in [9.17, 15) is 43.9 Å². The molecule has 132 valence electrons. The molecular weight excluding hydrogens is 599 g/mol. The van der Waals surface area contributed by atoms with Gasteiger partial charge in [0.05, 0.1) is 0 Å². The van der Waals surface area contributed by atoms with Crippen LogP contribution in [-0.4, -0.2) is 0 Å². The van der Waals surface area contributed by atoms with E-state index in [0.717, 1.165) is 0 Å². The van der Waals surface area contributed by atoms with E-state index in [1.807, 2.05) is 0 Å². The fourth-order valence-corrected chi connectivity index (χ4v) is 19.8.